The van der Waals surface area contributed by atoms with E-state index in [1.807, 2.05) is 12.1 Å². The number of halogens is 1. The first-order chi connectivity index (χ1) is 14.8. The van der Waals surface area contributed by atoms with E-state index in [2.05, 4.69) is 13.8 Å². The monoisotopic (exact) mass is 428 g/mol. The highest BCUT2D eigenvalue weighted by Crippen LogP contribution is 2.67. The zero-order valence-electron chi connectivity index (χ0n) is 19.4. The second kappa shape index (κ2) is 8.13. The molecule has 0 spiro atoms. The number of aliphatic hydroxyl groups is 2. The fourth-order valence-electron chi connectivity index (χ4n) is 9.04. The van der Waals surface area contributed by atoms with Crippen molar-refractivity contribution < 1.29 is 14.6 Å². The maximum absolute atomic E-state index is 13.2. The number of hydrogen-bond acceptors (Lipinski definition) is 2. The van der Waals surface area contributed by atoms with Crippen molar-refractivity contribution in [3.05, 3.63) is 35.6 Å². The molecular formula is C28H41FO2. The maximum Gasteiger partial charge on any atom is 0.123 e. The number of aliphatic hydroxyl groups excluding tert-OH is 2. The molecule has 0 amide bonds. The van der Waals surface area contributed by atoms with Crippen LogP contribution in [-0.4, -0.2) is 22.4 Å². The fraction of sp³-hybridized carbons (Fsp3) is 0.786. The van der Waals surface area contributed by atoms with Crippen molar-refractivity contribution >= 4 is 0 Å². The molecule has 0 aromatic heterocycles. The van der Waals surface area contributed by atoms with Crippen LogP contribution < -0.4 is 0 Å². The molecule has 8 unspecified atom stereocenters. The third kappa shape index (κ3) is 3.78. The van der Waals surface area contributed by atoms with Crippen LogP contribution in [-0.2, 0) is 6.42 Å². The van der Waals surface area contributed by atoms with Gasteiger partial charge in [-0.1, -0.05) is 26.0 Å². The summed E-state index contributed by atoms with van der Waals surface area (Å²) in [6.07, 6.45) is 12.2. The Balaban J connectivity index is 1.27. The van der Waals surface area contributed by atoms with E-state index >= 15 is 0 Å². The molecule has 172 valence electrons. The molecule has 1 aromatic carbocycles. The Kier molecular flexibility index (Phi) is 5.74. The highest BCUT2D eigenvalue weighted by molar-refractivity contribution is 5.17. The van der Waals surface area contributed by atoms with E-state index in [0.29, 0.717) is 23.2 Å². The van der Waals surface area contributed by atoms with Crippen LogP contribution in [0.15, 0.2) is 24.3 Å². The Morgan fingerprint density at radius 2 is 1.65 bits per heavy atom. The van der Waals surface area contributed by atoms with Crippen LogP contribution in [0, 0.1) is 46.2 Å². The van der Waals surface area contributed by atoms with E-state index in [9.17, 15) is 14.6 Å². The summed E-state index contributed by atoms with van der Waals surface area (Å²) >= 11 is 0. The Labute approximate surface area is 187 Å². The van der Waals surface area contributed by atoms with Crippen LogP contribution in [0.4, 0.5) is 4.39 Å². The molecule has 0 bridgehead atoms. The van der Waals surface area contributed by atoms with Crippen molar-refractivity contribution in [2.24, 2.45) is 40.4 Å². The Morgan fingerprint density at radius 1 is 0.935 bits per heavy atom. The van der Waals surface area contributed by atoms with Gasteiger partial charge in [0, 0.05) is 0 Å². The smallest absolute Gasteiger partial charge is 0.123 e. The normalized spacial score (nSPS) is 45.5. The average Bonchev–Trinajstić information content (AvgIpc) is 3.06. The summed E-state index contributed by atoms with van der Waals surface area (Å²) in [4.78, 5) is 0. The molecule has 0 radical (unpaired) electrons. The summed E-state index contributed by atoms with van der Waals surface area (Å²) in [5, 5.41) is 21.1. The van der Waals surface area contributed by atoms with Crippen molar-refractivity contribution in [2.75, 3.05) is 0 Å². The molecule has 0 aliphatic heterocycles. The molecule has 9 atom stereocenters. The summed E-state index contributed by atoms with van der Waals surface area (Å²) in [7, 11) is 0. The van der Waals surface area contributed by atoms with Gasteiger partial charge in [0.05, 0.1) is 12.2 Å². The Bertz CT molecular complexity index is 778. The Morgan fingerprint density at radius 3 is 2.42 bits per heavy atom. The van der Waals surface area contributed by atoms with Gasteiger partial charge in [-0.15, -0.1) is 0 Å². The lowest BCUT2D eigenvalue weighted by Gasteiger charge is -2.61. The van der Waals surface area contributed by atoms with Gasteiger partial charge in [0.2, 0.25) is 0 Å². The largest absolute Gasteiger partial charge is 0.393 e. The first kappa shape index (κ1) is 21.9. The lowest BCUT2D eigenvalue weighted by Crippen LogP contribution is -2.54. The van der Waals surface area contributed by atoms with Gasteiger partial charge in [0.15, 0.2) is 0 Å². The minimum absolute atomic E-state index is 0.0677. The quantitative estimate of drug-likeness (QED) is 0.605. The van der Waals surface area contributed by atoms with Crippen molar-refractivity contribution in [1.29, 1.82) is 0 Å². The van der Waals surface area contributed by atoms with Gasteiger partial charge in [-0.2, -0.15) is 0 Å². The first-order valence-electron chi connectivity index (χ1n) is 12.9. The number of hydrogen-bond donors (Lipinski definition) is 2. The van der Waals surface area contributed by atoms with E-state index in [1.54, 1.807) is 0 Å². The summed E-state index contributed by atoms with van der Waals surface area (Å²) < 4.78 is 13.2. The van der Waals surface area contributed by atoms with Gasteiger partial charge >= 0.3 is 0 Å². The van der Waals surface area contributed by atoms with Gasteiger partial charge in [0.25, 0.3) is 0 Å². The SMILES string of the molecule is CC12CCC(O)CC1CCC1C2CCC2(C)C(C[C@H](O)Cc3ccc(F)cc3)CCC12. The van der Waals surface area contributed by atoms with Crippen LogP contribution in [0.5, 0.6) is 0 Å². The molecule has 4 saturated carbocycles. The van der Waals surface area contributed by atoms with Crippen molar-refractivity contribution in [3.8, 4) is 0 Å². The highest BCUT2D eigenvalue weighted by atomic mass is 19.1. The minimum atomic E-state index is -0.336. The molecule has 0 saturated heterocycles. The van der Waals surface area contributed by atoms with Crippen molar-refractivity contribution in [2.45, 2.75) is 96.7 Å². The maximum atomic E-state index is 13.2. The van der Waals surface area contributed by atoms with E-state index in [4.69, 9.17) is 0 Å². The first-order valence-corrected chi connectivity index (χ1v) is 12.9. The van der Waals surface area contributed by atoms with E-state index in [0.717, 1.165) is 48.5 Å². The molecule has 4 aliphatic carbocycles. The summed E-state index contributed by atoms with van der Waals surface area (Å²) in [5.74, 6) is 3.59. The summed E-state index contributed by atoms with van der Waals surface area (Å²) in [6.45, 7) is 5.09. The molecule has 3 heteroatoms. The van der Waals surface area contributed by atoms with E-state index in [-0.39, 0.29) is 18.0 Å². The van der Waals surface area contributed by atoms with Crippen LogP contribution >= 0.6 is 0 Å². The predicted molar refractivity (Wildman–Crippen MR) is 122 cm³/mol. The Hall–Kier alpha value is -0.930. The standard InChI is InChI=1S/C28H41FO2/c1-27-13-11-22(30)16-19(27)5-9-24-25-10-6-20(28(25,2)14-12-26(24)27)17-23(31)15-18-3-7-21(29)8-4-18/h3-4,7-8,19-20,22-26,30-31H,5-6,9-17H2,1-2H3/t19?,20?,22?,23-,24?,25?,26?,27?,28?/m1/s1. The van der Waals surface area contributed by atoms with E-state index < -0.39 is 0 Å². The second-order valence-corrected chi connectivity index (χ2v) is 12.1. The van der Waals surface area contributed by atoms with Crippen LogP contribution in [0.25, 0.3) is 0 Å². The predicted octanol–water partition coefficient (Wildman–Crippen LogP) is 6.14. The van der Waals surface area contributed by atoms with Crippen LogP contribution in [0.1, 0.15) is 83.6 Å². The summed E-state index contributed by atoms with van der Waals surface area (Å²) in [6, 6.07) is 6.61. The molecular weight excluding hydrogens is 387 g/mol. The van der Waals surface area contributed by atoms with Crippen LogP contribution in [0.2, 0.25) is 0 Å². The molecule has 4 fully saturated rings. The van der Waals surface area contributed by atoms with Gasteiger partial charge in [-0.3, -0.25) is 0 Å². The number of fused-ring (bicyclic) bond motifs is 5. The third-order valence-electron chi connectivity index (χ3n) is 10.8. The van der Waals surface area contributed by atoms with Crippen LogP contribution in [0.3, 0.4) is 0 Å². The zero-order chi connectivity index (χ0) is 21.8. The highest BCUT2D eigenvalue weighted by Gasteiger charge is 2.60. The molecule has 1 aromatic rings. The van der Waals surface area contributed by atoms with Gasteiger partial charge in [0.1, 0.15) is 5.82 Å². The molecule has 31 heavy (non-hydrogen) atoms. The zero-order valence-corrected chi connectivity index (χ0v) is 19.4. The number of rotatable bonds is 4. The molecule has 5 rings (SSSR count). The van der Waals surface area contributed by atoms with Gasteiger partial charge in [-0.05, 0) is 129 Å². The molecule has 4 aliphatic rings. The second-order valence-electron chi connectivity index (χ2n) is 12.1. The number of benzene rings is 1. The van der Waals surface area contributed by atoms with Crippen molar-refractivity contribution in [1.82, 2.24) is 0 Å². The molecule has 0 heterocycles. The van der Waals surface area contributed by atoms with E-state index in [1.165, 1.54) is 57.1 Å². The topological polar surface area (TPSA) is 40.5 Å². The van der Waals surface area contributed by atoms with Gasteiger partial charge in [-0.25, -0.2) is 4.39 Å². The molecule has 2 N–H and O–H groups in total. The van der Waals surface area contributed by atoms with Crippen molar-refractivity contribution in [3.63, 3.8) is 0 Å². The lowest BCUT2D eigenvalue weighted by atomic mass is 9.44. The lowest BCUT2D eigenvalue weighted by molar-refractivity contribution is -0.128. The average molecular weight is 429 g/mol. The summed E-state index contributed by atoms with van der Waals surface area (Å²) in [5.41, 5.74) is 1.83. The third-order valence-corrected chi connectivity index (χ3v) is 10.8. The fourth-order valence-corrected chi connectivity index (χ4v) is 9.04. The van der Waals surface area contributed by atoms with Gasteiger partial charge < -0.3 is 10.2 Å². The molecule has 2 nitrogen and oxygen atoms in total. The minimum Gasteiger partial charge on any atom is -0.393 e.